The van der Waals surface area contributed by atoms with Gasteiger partial charge >= 0.3 is 0 Å². The van der Waals surface area contributed by atoms with E-state index in [9.17, 15) is 4.39 Å². The minimum absolute atomic E-state index is 0.0856. The molecule has 1 heterocycles. The van der Waals surface area contributed by atoms with Crippen LogP contribution in [0.3, 0.4) is 0 Å². The van der Waals surface area contributed by atoms with E-state index in [1.54, 1.807) is 30.6 Å². The van der Waals surface area contributed by atoms with Gasteiger partial charge in [-0.3, -0.25) is 0 Å². The number of hydrogen-bond acceptors (Lipinski definition) is 3. The molecule has 0 saturated heterocycles. The highest BCUT2D eigenvalue weighted by atomic mass is 79.9. The molecule has 1 N–H and O–H groups in total. The summed E-state index contributed by atoms with van der Waals surface area (Å²) in [6, 6.07) is 4.94. The van der Waals surface area contributed by atoms with Gasteiger partial charge in [0.05, 0.1) is 17.3 Å². The molecule has 0 amide bonds. The van der Waals surface area contributed by atoms with E-state index in [2.05, 4.69) is 31.4 Å². The van der Waals surface area contributed by atoms with Gasteiger partial charge in [-0.05, 0) is 40.2 Å². The summed E-state index contributed by atoms with van der Waals surface area (Å²) >= 11 is 9.15. The fourth-order valence-corrected chi connectivity index (χ4v) is 2.33. The van der Waals surface area contributed by atoms with Crippen molar-refractivity contribution in [2.45, 2.75) is 13.0 Å². The third-order valence-corrected chi connectivity index (χ3v) is 3.98. The predicted octanol–water partition coefficient (Wildman–Crippen LogP) is 3.73. The van der Waals surface area contributed by atoms with E-state index in [0.29, 0.717) is 16.6 Å². The number of hydrogen-bond donors (Lipinski definition) is 1. The zero-order valence-corrected chi connectivity index (χ0v) is 12.5. The highest BCUT2D eigenvalue weighted by molar-refractivity contribution is 9.10. The van der Waals surface area contributed by atoms with Crippen molar-refractivity contribution in [2.24, 2.45) is 0 Å². The first kappa shape index (κ1) is 14.4. The average molecular weight is 345 g/mol. The summed E-state index contributed by atoms with van der Waals surface area (Å²) in [5.74, 6) is -0.432. The Bertz CT molecular complexity index is 565. The third kappa shape index (κ3) is 3.11. The molecule has 2 rings (SSSR count). The lowest BCUT2D eigenvalue weighted by Crippen LogP contribution is -2.23. The molecule has 0 fully saturated rings. The first-order chi connectivity index (χ1) is 9.15. The van der Waals surface area contributed by atoms with Crippen LogP contribution in [0.25, 0.3) is 0 Å². The van der Waals surface area contributed by atoms with Crippen molar-refractivity contribution < 1.29 is 4.39 Å². The maximum Gasteiger partial charge on any atom is 0.148 e. The Hall–Kier alpha value is -1.04. The molecule has 1 aromatic carbocycles. The first-order valence-corrected chi connectivity index (χ1v) is 6.95. The Morgan fingerprint density at radius 3 is 2.79 bits per heavy atom. The molecule has 0 saturated carbocycles. The van der Waals surface area contributed by atoms with Crippen LogP contribution in [0.5, 0.6) is 0 Å². The summed E-state index contributed by atoms with van der Waals surface area (Å²) in [6.45, 7) is 2.65. The molecule has 0 radical (unpaired) electrons. The number of benzene rings is 1. The number of nitrogens with one attached hydrogen (secondary N) is 1. The molecule has 2 aromatic rings. The lowest BCUT2D eigenvalue weighted by molar-refractivity contribution is 0.557. The second-order valence-corrected chi connectivity index (χ2v) is 5.16. The van der Waals surface area contributed by atoms with Gasteiger partial charge < -0.3 is 5.32 Å². The maximum absolute atomic E-state index is 14.3. The lowest BCUT2D eigenvalue weighted by atomic mass is 10.00. The van der Waals surface area contributed by atoms with Crippen LogP contribution in [0, 0.1) is 5.82 Å². The zero-order chi connectivity index (χ0) is 13.8. The molecule has 1 aromatic heterocycles. The molecule has 19 heavy (non-hydrogen) atoms. The summed E-state index contributed by atoms with van der Waals surface area (Å²) < 4.78 is 14.8. The molecule has 0 spiro atoms. The van der Waals surface area contributed by atoms with Crippen molar-refractivity contribution in [1.82, 2.24) is 15.5 Å². The van der Waals surface area contributed by atoms with Crippen LogP contribution in [-0.2, 0) is 0 Å². The van der Waals surface area contributed by atoms with Gasteiger partial charge in [-0.1, -0.05) is 24.6 Å². The Kier molecular flexibility index (Phi) is 4.85. The van der Waals surface area contributed by atoms with Gasteiger partial charge in [-0.25, -0.2) is 4.39 Å². The minimum atomic E-state index is -0.432. The SMILES string of the molecule is CCNC(c1ccnnc1)c1ccc(Br)c(Cl)c1F. The summed E-state index contributed by atoms with van der Waals surface area (Å²) in [7, 11) is 0. The van der Waals surface area contributed by atoms with E-state index >= 15 is 0 Å². The van der Waals surface area contributed by atoms with Crippen molar-refractivity contribution in [3.63, 3.8) is 0 Å². The van der Waals surface area contributed by atoms with Gasteiger partial charge in [0.2, 0.25) is 0 Å². The summed E-state index contributed by atoms with van der Waals surface area (Å²) in [5.41, 5.74) is 1.33. The minimum Gasteiger partial charge on any atom is -0.306 e. The number of aromatic nitrogens is 2. The van der Waals surface area contributed by atoms with Crippen LogP contribution in [0.2, 0.25) is 5.02 Å². The molecule has 0 aliphatic carbocycles. The number of nitrogens with zero attached hydrogens (tertiary/aromatic N) is 2. The Morgan fingerprint density at radius 1 is 1.37 bits per heavy atom. The zero-order valence-electron chi connectivity index (χ0n) is 10.2. The topological polar surface area (TPSA) is 37.8 Å². The Balaban J connectivity index is 2.49. The monoisotopic (exact) mass is 343 g/mol. The fourth-order valence-electron chi connectivity index (χ4n) is 1.85. The van der Waals surface area contributed by atoms with E-state index in [4.69, 9.17) is 11.6 Å². The molecule has 6 heteroatoms. The third-order valence-electron chi connectivity index (χ3n) is 2.72. The van der Waals surface area contributed by atoms with Gasteiger partial charge in [0.1, 0.15) is 5.82 Å². The van der Waals surface area contributed by atoms with Crippen LogP contribution in [-0.4, -0.2) is 16.7 Å². The Morgan fingerprint density at radius 2 is 2.16 bits per heavy atom. The molecule has 1 unspecified atom stereocenters. The van der Waals surface area contributed by atoms with Crippen molar-refractivity contribution in [1.29, 1.82) is 0 Å². The summed E-state index contributed by atoms with van der Waals surface area (Å²) in [5, 5.41) is 10.9. The van der Waals surface area contributed by atoms with Gasteiger partial charge in [0, 0.05) is 16.2 Å². The predicted molar refractivity (Wildman–Crippen MR) is 76.7 cm³/mol. The molecule has 100 valence electrons. The number of rotatable bonds is 4. The van der Waals surface area contributed by atoms with Crippen LogP contribution in [0.1, 0.15) is 24.1 Å². The molecular weight excluding hydrogens is 333 g/mol. The Labute approximate surface area is 124 Å². The highest BCUT2D eigenvalue weighted by Crippen LogP contribution is 2.32. The van der Waals surface area contributed by atoms with Gasteiger partial charge in [0.15, 0.2) is 0 Å². The van der Waals surface area contributed by atoms with Crippen molar-refractivity contribution in [2.75, 3.05) is 6.54 Å². The highest BCUT2D eigenvalue weighted by Gasteiger charge is 2.20. The maximum atomic E-state index is 14.3. The van der Waals surface area contributed by atoms with E-state index < -0.39 is 5.82 Å². The van der Waals surface area contributed by atoms with Crippen LogP contribution in [0.15, 0.2) is 35.1 Å². The second-order valence-electron chi connectivity index (χ2n) is 3.93. The summed E-state index contributed by atoms with van der Waals surface area (Å²) in [6.07, 6.45) is 3.20. The standard InChI is InChI=1S/C13H12BrClFN3/c1-2-17-13(8-5-6-18-19-7-8)9-3-4-10(14)11(15)12(9)16/h3-7,13,17H,2H2,1H3. The molecule has 0 bridgehead atoms. The number of halogens is 3. The van der Waals surface area contributed by atoms with Crippen LogP contribution < -0.4 is 5.32 Å². The van der Waals surface area contributed by atoms with Crippen molar-refractivity contribution in [3.8, 4) is 0 Å². The summed E-state index contributed by atoms with van der Waals surface area (Å²) in [4.78, 5) is 0. The normalized spacial score (nSPS) is 12.4. The molecule has 3 nitrogen and oxygen atoms in total. The first-order valence-electron chi connectivity index (χ1n) is 5.78. The molecular formula is C13H12BrClFN3. The van der Waals surface area contributed by atoms with E-state index in [-0.39, 0.29) is 11.1 Å². The van der Waals surface area contributed by atoms with Gasteiger partial charge in [0.25, 0.3) is 0 Å². The second kappa shape index (κ2) is 6.41. The van der Waals surface area contributed by atoms with Crippen LogP contribution >= 0.6 is 27.5 Å². The average Bonchev–Trinajstić information content (AvgIpc) is 2.44. The smallest absolute Gasteiger partial charge is 0.148 e. The fraction of sp³-hybridized carbons (Fsp3) is 0.231. The molecule has 0 aliphatic heterocycles. The van der Waals surface area contributed by atoms with Gasteiger partial charge in [-0.2, -0.15) is 10.2 Å². The molecule has 0 aliphatic rings. The van der Waals surface area contributed by atoms with Gasteiger partial charge in [-0.15, -0.1) is 0 Å². The van der Waals surface area contributed by atoms with E-state index in [0.717, 1.165) is 5.56 Å². The quantitative estimate of drug-likeness (QED) is 0.859. The van der Waals surface area contributed by atoms with Crippen LogP contribution in [0.4, 0.5) is 4.39 Å². The largest absolute Gasteiger partial charge is 0.306 e. The van der Waals surface area contributed by atoms with Crippen molar-refractivity contribution in [3.05, 3.63) is 57.0 Å². The van der Waals surface area contributed by atoms with E-state index in [1.165, 1.54) is 0 Å². The van der Waals surface area contributed by atoms with Crippen molar-refractivity contribution >= 4 is 27.5 Å². The lowest BCUT2D eigenvalue weighted by Gasteiger charge is -2.19. The van der Waals surface area contributed by atoms with E-state index in [1.807, 2.05) is 6.92 Å². The molecule has 1 atom stereocenters.